The van der Waals surface area contributed by atoms with Crippen molar-refractivity contribution in [2.45, 2.75) is 26.0 Å². The van der Waals surface area contributed by atoms with Crippen LogP contribution in [0.4, 0.5) is 0 Å². The van der Waals surface area contributed by atoms with Gasteiger partial charge in [0.2, 0.25) is 0 Å². The maximum Gasteiger partial charge on any atom is 0.271 e. The van der Waals surface area contributed by atoms with Crippen LogP contribution in [-0.2, 0) is 13.0 Å². The average molecular weight is 382 g/mol. The van der Waals surface area contributed by atoms with Gasteiger partial charge in [0.15, 0.2) is 0 Å². The van der Waals surface area contributed by atoms with Gasteiger partial charge in [-0.2, -0.15) is 0 Å². The molecule has 0 bridgehead atoms. The van der Waals surface area contributed by atoms with E-state index in [4.69, 9.17) is 10.5 Å². The molecule has 1 unspecified atom stereocenters. The Morgan fingerprint density at radius 3 is 2.96 bits per heavy atom. The van der Waals surface area contributed by atoms with E-state index < -0.39 is 0 Å². The minimum Gasteiger partial charge on any atom is -0.487 e. The third kappa shape index (κ3) is 5.35. The van der Waals surface area contributed by atoms with Crippen LogP contribution in [0.1, 0.15) is 39.7 Å². The molecule has 27 heavy (non-hydrogen) atoms. The molecular weight excluding hydrogens is 360 g/mol. The van der Waals surface area contributed by atoms with Crippen molar-refractivity contribution in [3.8, 4) is 5.75 Å². The van der Waals surface area contributed by atoms with E-state index in [2.05, 4.69) is 15.3 Å². The number of ether oxygens (including phenoxy) is 1. The Kier molecular flexibility index (Phi) is 6.51. The van der Waals surface area contributed by atoms with Crippen LogP contribution in [0.15, 0.2) is 54.0 Å². The first-order chi connectivity index (χ1) is 13.2. The minimum absolute atomic E-state index is 0.171. The van der Waals surface area contributed by atoms with Crippen molar-refractivity contribution in [1.29, 1.82) is 0 Å². The van der Waals surface area contributed by atoms with Crippen molar-refractivity contribution in [3.05, 3.63) is 76.0 Å². The smallest absolute Gasteiger partial charge is 0.271 e. The van der Waals surface area contributed by atoms with Crippen molar-refractivity contribution < 1.29 is 9.53 Å². The molecule has 7 heteroatoms. The summed E-state index contributed by atoms with van der Waals surface area (Å²) in [5, 5.41) is 5.61. The first-order valence-electron chi connectivity index (χ1n) is 8.73. The molecule has 0 radical (unpaired) electrons. The number of nitrogens with zero attached hydrogens (tertiary/aromatic N) is 2. The summed E-state index contributed by atoms with van der Waals surface area (Å²) in [6, 6.07) is 13.2. The van der Waals surface area contributed by atoms with E-state index in [0.717, 1.165) is 22.0 Å². The van der Waals surface area contributed by atoms with Gasteiger partial charge in [0.05, 0.1) is 16.7 Å². The van der Waals surface area contributed by atoms with Crippen LogP contribution in [0.25, 0.3) is 0 Å². The van der Waals surface area contributed by atoms with Gasteiger partial charge in [0, 0.05) is 18.0 Å². The van der Waals surface area contributed by atoms with Gasteiger partial charge in [0.25, 0.3) is 5.91 Å². The van der Waals surface area contributed by atoms with Gasteiger partial charge in [-0.3, -0.25) is 9.78 Å². The second-order valence-electron chi connectivity index (χ2n) is 6.04. The number of hydrogen-bond acceptors (Lipinski definition) is 6. The standard InChI is InChI=1S/C20H22N4O2S/c1-14(23-20(25)18-13-27-19(24-18)8-9-21)15-5-4-7-17(11-15)26-12-16-6-2-3-10-22-16/h2-7,10-11,13-14H,8-9,12,21H2,1H3,(H,23,25). The number of thiazole rings is 1. The maximum atomic E-state index is 12.4. The van der Waals surface area contributed by atoms with Crippen LogP contribution >= 0.6 is 11.3 Å². The molecule has 0 aliphatic heterocycles. The molecule has 3 N–H and O–H groups in total. The SMILES string of the molecule is CC(NC(=O)c1csc(CCN)n1)c1cccc(OCc2ccccn2)c1. The molecule has 0 fully saturated rings. The lowest BCUT2D eigenvalue weighted by atomic mass is 10.1. The number of amides is 1. The summed E-state index contributed by atoms with van der Waals surface area (Å²) in [5.74, 6) is 0.542. The van der Waals surface area contributed by atoms with Gasteiger partial charge in [-0.25, -0.2) is 4.98 Å². The molecule has 2 heterocycles. The average Bonchev–Trinajstić information content (AvgIpc) is 3.16. The molecule has 2 aromatic heterocycles. The molecule has 3 rings (SSSR count). The Morgan fingerprint density at radius 2 is 2.19 bits per heavy atom. The van der Waals surface area contributed by atoms with Crippen molar-refractivity contribution in [3.63, 3.8) is 0 Å². The van der Waals surface area contributed by atoms with Gasteiger partial charge < -0.3 is 15.8 Å². The van der Waals surface area contributed by atoms with Crippen molar-refractivity contribution >= 4 is 17.2 Å². The molecule has 0 aliphatic rings. The van der Waals surface area contributed by atoms with Gasteiger partial charge >= 0.3 is 0 Å². The second kappa shape index (κ2) is 9.25. The summed E-state index contributed by atoms with van der Waals surface area (Å²) in [7, 11) is 0. The van der Waals surface area contributed by atoms with Crippen LogP contribution < -0.4 is 15.8 Å². The quantitative estimate of drug-likeness (QED) is 0.625. The third-order valence-corrected chi connectivity index (χ3v) is 4.87. The largest absolute Gasteiger partial charge is 0.487 e. The summed E-state index contributed by atoms with van der Waals surface area (Å²) in [6.07, 6.45) is 2.42. The zero-order valence-corrected chi connectivity index (χ0v) is 15.9. The summed E-state index contributed by atoms with van der Waals surface area (Å²) >= 11 is 1.45. The topological polar surface area (TPSA) is 90.1 Å². The predicted molar refractivity (Wildman–Crippen MR) is 106 cm³/mol. The Labute approximate surface area is 162 Å². The van der Waals surface area contributed by atoms with Crippen LogP contribution in [0.5, 0.6) is 5.75 Å². The third-order valence-electron chi connectivity index (χ3n) is 3.96. The summed E-state index contributed by atoms with van der Waals surface area (Å²) in [4.78, 5) is 21.0. The maximum absolute atomic E-state index is 12.4. The molecule has 1 aromatic carbocycles. The van der Waals surface area contributed by atoms with E-state index >= 15 is 0 Å². The molecule has 6 nitrogen and oxygen atoms in total. The van der Waals surface area contributed by atoms with Crippen LogP contribution in [0.2, 0.25) is 0 Å². The van der Waals surface area contributed by atoms with Crippen molar-refractivity contribution in [2.24, 2.45) is 5.73 Å². The van der Waals surface area contributed by atoms with E-state index in [1.165, 1.54) is 11.3 Å². The predicted octanol–water partition coefficient (Wildman–Crippen LogP) is 3.11. The fourth-order valence-electron chi connectivity index (χ4n) is 2.52. The normalized spacial score (nSPS) is 11.8. The van der Waals surface area contributed by atoms with Crippen molar-refractivity contribution in [1.82, 2.24) is 15.3 Å². The zero-order chi connectivity index (χ0) is 19.1. The van der Waals surface area contributed by atoms with Gasteiger partial charge in [-0.15, -0.1) is 11.3 Å². The molecule has 0 saturated heterocycles. The Hall–Kier alpha value is -2.77. The zero-order valence-electron chi connectivity index (χ0n) is 15.1. The second-order valence-corrected chi connectivity index (χ2v) is 6.99. The Balaban J connectivity index is 1.60. The van der Waals surface area contributed by atoms with E-state index in [-0.39, 0.29) is 11.9 Å². The number of nitrogens with one attached hydrogen (secondary N) is 1. The first kappa shape index (κ1) is 19.0. The summed E-state index contributed by atoms with van der Waals surface area (Å²) in [5.41, 5.74) is 7.78. The van der Waals surface area contributed by atoms with Crippen molar-refractivity contribution in [2.75, 3.05) is 6.54 Å². The Bertz CT molecular complexity index is 882. The highest BCUT2D eigenvalue weighted by atomic mass is 32.1. The number of rotatable bonds is 8. The molecule has 3 aromatic rings. The lowest BCUT2D eigenvalue weighted by Crippen LogP contribution is -2.27. The Morgan fingerprint density at radius 1 is 1.30 bits per heavy atom. The van der Waals surface area contributed by atoms with E-state index in [1.807, 2.05) is 49.4 Å². The van der Waals surface area contributed by atoms with E-state index in [0.29, 0.717) is 25.3 Å². The van der Waals surface area contributed by atoms with Crippen LogP contribution in [-0.4, -0.2) is 22.4 Å². The first-order valence-corrected chi connectivity index (χ1v) is 9.61. The number of pyridine rings is 1. The number of carbonyl (C=O) groups is 1. The number of aromatic nitrogens is 2. The summed E-state index contributed by atoms with van der Waals surface area (Å²) < 4.78 is 5.81. The van der Waals surface area contributed by atoms with Crippen LogP contribution in [0.3, 0.4) is 0 Å². The fraction of sp³-hybridized carbons (Fsp3) is 0.250. The molecule has 0 aliphatic carbocycles. The highest BCUT2D eigenvalue weighted by Crippen LogP contribution is 2.20. The lowest BCUT2D eigenvalue weighted by Gasteiger charge is -2.15. The van der Waals surface area contributed by atoms with Gasteiger partial charge in [0.1, 0.15) is 18.1 Å². The van der Waals surface area contributed by atoms with E-state index in [1.54, 1.807) is 11.6 Å². The number of hydrogen-bond donors (Lipinski definition) is 2. The number of benzene rings is 1. The monoisotopic (exact) mass is 382 g/mol. The number of carbonyl (C=O) groups excluding carboxylic acids is 1. The van der Waals surface area contributed by atoms with Crippen LogP contribution in [0, 0.1) is 0 Å². The molecule has 0 spiro atoms. The minimum atomic E-state index is -0.193. The number of nitrogens with two attached hydrogens (primary N) is 1. The lowest BCUT2D eigenvalue weighted by molar-refractivity contribution is 0.0935. The molecule has 1 atom stereocenters. The molecule has 1 amide bonds. The fourth-order valence-corrected chi connectivity index (χ4v) is 3.32. The highest BCUT2D eigenvalue weighted by Gasteiger charge is 2.15. The molecule has 0 saturated carbocycles. The molecule has 140 valence electrons. The summed E-state index contributed by atoms with van der Waals surface area (Å²) in [6.45, 7) is 2.85. The van der Waals surface area contributed by atoms with Gasteiger partial charge in [-0.1, -0.05) is 18.2 Å². The van der Waals surface area contributed by atoms with Gasteiger partial charge in [-0.05, 0) is 43.3 Å². The van der Waals surface area contributed by atoms with E-state index in [9.17, 15) is 4.79 Å². The molecular formula is C20H22N4O2S. The highest BCUT2D eigenvalue weighted by molar-refractivity contribution is 7.09.